The molecule has 0 amide bonds. The molecule has 0 radical (unpaired) electrons. The number of alkyl halides is 1. The van der Waals surface area contributed by atoms with Crippen LogP contribution in [0.25, 0.3) is 10.9 Å². The van der Waals surface area contributed by atoms with E-state index in [0.717, 1.165) is 28.8 Å². The third-order valence-electron chi connectivity index (χ3n) is 3.37. The summed E-state index contributed by atoms with van der Waals surface area (Å²) >= 11 is 6.06. The van der Waals surface area contributed by atoms with Gasteiger partial charge in [0.1, 0.15) is 5.82 Å². The molecule has 0 aliphatic heterocycles. The van der Waals surface area contributed by atoms with E-state index in [2.05, 4.69) is 37.9 Å². The Labute approximate surface area is 120 Å². The summed E-state index contributed by atoms with van der Waals surface area (Å²) in [7, 11) is 2.09. The molecule has 0 aliphatic carbocycles. The monoisotopic (exact) mass is 276 g/mol. The lowest BCUT2D eigenvalue weighted by Gasteiger charge is -2.20. The van der Waals surface area contributed by atoms with Gasteiger partial charge in [0, 0.05) is 24.9 Å². The van der Waals surface area contributed by atoms with E-state index in [-0.39, 0.29) is 0 Å². The normalized spacial score (nSPS) is 11.2. The standard InChI is InChI=1S/C16H21ClN2/c1-12(2)8-9-19(3)16-10-13(11-17)14-6-4-5-7-15(14)18-16/h4-7,10,12H,8-9,11H2,1-3H3. The smallest absolute Gasteiger partial charge is 0.129 e. The van der Waals surface area contributed by atoms with Crippen molar-refractivity contribution in [2.24, 2.45) is 5.92 Å². The molecular weight excluding hydrogens is 256 g/mol. The molecule has 0 saturated heterocycles. The molecule has 19 heavy (non-hydrogen) atoms. The van der Waals surface area contributed by atoms with Crippen LogP contribution in [0.5, 0.6) is 0 Å². The summed E-state index contributed by atoms with van der Waals surface area (Å²) in [6, 6.07) is 10.3. The molecular formula is C16H21ClN2. The van der Waals surface area contributed by atoms with Gasteiger partial charge in [-0.25, -0.2) is 4.98 Å². The first-order chi connectivity index (χ1) is 9.11. The van der Waals surface area contributed by atoms with Crippen LogP contribution < -0.4 is 4.90 Å². The van der Waals surface area contributed by atoms with Crippen LogP contribution in [-0.4, -0.2) is 18.6 Å². The Morgan fingerprint density at radius 2 is 2.00 bits per heavy atom. The first-order valence-corrected chi connectivity index (χ1v) is 7.31. The lowest BCUT2D eigenvalue weighted by Crippen LogP contribution is -2.21. The van der Waals surface area contributed by atoms with Crippen molar-refractivity contribution in [1.29, 1.82) is 0 Å². The van der Waals surface area contributed by atoms with E-state index in [1.807, 2.05) is 18.2 Å². The van der Waals surface area contributed by atoms with Gasteiger partial charge in [-0.05, 0) is 30.0 Å². The molecule has 2 nitrogen and oxygen atoms in total. The zero-order valence-corrected chi connectivity index (χ0v) is 12.6. The number of rotatable bonds is 5. The topological polar surface area (TPSA) is 16.1 Å². The molecule has 2 rings (SSSR count). The van der Waals surface area contributed by atoms with Crippen molar-refractivity contribution < 1.29 is 0 Å². The third-order valence-corrected chi connectivity index (χ3v) is 3.65. The fourth-order valence-electron chi connectivity index (χ4n) is 2.10. The van der Waals surface area contributed by atoms with Crippen molar-refractivity contribution in [3.8, 4) is 0 Å². The van der Waals surface area contributed by atoms with E-state index < -0.39 is 0 Å². The highest BCUT2D eigenvalue weighted by atomic mass is 35.5. The van der Waals surface area contributed by atoms with Crippen LogP contribution in [0.2, 0.25) is 0 Å². The van der Waals surface area contributed by atoms with Gasteiger partial charge >= 0.3 is 0 Å². The molecule has 0 spiro atoms. The highest BCUT2D eigenvalue weighted by molar-refractivity contribution is 6.18. The second-order valence-electron chi connectivity index (χ2n) is 5.39. The molecule has 102 valence electrons. The van der Waals surface area contributed by atoms with Crippen LogP contribution in [-0.2, 0) is 5.88 Å². The SMILES string of the molecule is CC(C)CCN(C)c1cc(CCl)c2ccccc2n1. The number of anilines is 1. The molecule has 1 heterocycles. The highest BCUT2D eigenvalue weighted by Crippen LogP contribution is 2.24. The average molecular weight is 277 g/mol. The van der Waals surface area contributed by atoms with Crippen LogP contribution in [0.15, 0.2) is 30.3 Å². The Balaban J connectivity index is 2.33. The molecule has 2 aromatic rings. The zero-order valence-electron chi connectivity index (χ0n) is 11.9. The Hall–Kier alpha value is -1.28. The molecule has 0 fully saturated rings. The lowest BCUT2D eigenvalue weighted by molar-refractivity contribution is 0.584. The number of para-hydroxylation sites is 1. The van der Waals surface area contributed by atoms with E-state index in [4.69, 9.17) is 16.6 Å². The fraction of sp³-hybridized carbons (Fsp3) is 0.438. The summed E-state index contributed by atoms with van der Waals surface area (Å²) in [5.41, 5.74) is 2.17. The van der Waals surface area contributed by atoms with Gasteiger partial charge in [-0.15, -0.1) is 11.6 Å². The summed E-state index contributed by atoms with van der Waals surface area (Å²) in [6.07, 6.45) is 1.17. The maximum absolute atomic E-state index is 6.06. The minimum absolute atomic E-state index is 0.522. The first-order valence-electron chi connectivity index (χ1n) is 6.77. The minimum atomic E-state index is 0.522. The van der Waals surface area contributed by atoms with Crippen LogP contribution in [0.3, 0.4) is 0 Å². The molecule has 1 aromatic carbocycles. The first kappa shape index (κ1) is 14.1. The molecule has 0 aliphatic rings. The van der Waals surface area contributed by atoms with Gasteiger partial charge in [0.15, 0.2) is 0 Å². The molecule has 1 aromatic heterocycles. The summed E-state index contributed by atoms with van der Waals surface area (Å²) in [5, 5.41) is 1.15. The number of fused-ring (bicyclic) bond motifs is 1. The maximum Gasteiger partial charge on any atom is 0.129 e. The molecule has 0 saturated carbocycles. The number of hydrogen-bond acceptors (Lipinski definition) is 2. The average Bonchev–Trinajstić information content (AvgIpc) is 2.43. The number of aromatic nitrogens is 1. The van der Waals surface area contributed by atoms with Gasteiger partial charge in [0.2, 0.25) is 0 Å². The second kappa shape index (κ2) is 6.25. The van der Waals surface area contributed by atoms with Crippen molar-refractivity contribution in [3.63, 3.8) is 0 Å². The van der Waals surface area contributed by atoms with E-state index in [1.165, 1.54) is 6.42 Å². The van der Waals surface area contributed by atoms with E-state index in [0.29, 0.717) is 11.8 Å². The van der Waals surface area contributed by atoms with Crippen LogP contribution in [0.1, 0.15) is 25.8 Å². The second-order valence-corrected chi connectivity index (χ2v) is 5.66. The largest absolute Gasteiger partial charge is 0.360 e. The van der Waals surface area contributed by atoms with E-state index in [9.17, 15) is 0 Å². The van der Waals surface area contributed by atoms with Gasteiger partial charge in [-0.3, -0.25) is 0 Å². The molecule has 0 bridgehead atoms. The molecule has 3 heteroatoms. The van der Waals surface area contributed by atoms with Crippen molar-refractivity contribution in [2.45, 2.75) is 26.1 Å². The predicted molar refractivity (Wildman–Crippen MR) is 84.0 cm³/mol. The summed E-state index contributed by atoms with van der Waals surface area (Å²) in [4.78, 5) is 6.94. The van der Waals surface area contributed by atoms with Gasteiger partial charge in [-0.2, -0.15) is 0 Å². The van der Waals surface area contributed by atoms with Crippen LogP contribution >= 0.6 is 11.6 Å². The number of halogens is 1. The van der Waals surface area contributed by atoms with Crippen molar-refractivity contribution in [3.05, 3.63) is 35.9 Å². The van der Waals surface area contributed by atoms with E-state index >= 15 is 0 Å². The Kier molecular flexibility index (Phi) is 4.65. The fourth-order valence-corrected chi connectivity index (χ4v) is 2.33. The number of hydrogen-bond donors (Lipinski definition) is 0. The molecule has 0 atom stereocenters. The molecule has 0 unspecified atom stereocenters. The molecule has 0 N–H and O–H groups in total. The van der Waals surface area contributed by atoms with Crippen molar-refractivity contribution in [1.82, 2.24) is 4.98 Å². The summed E-state index contributed by atoms with van der Waals surface area (Å²) in [5.74, 6) is 2.24. The van der Waals surface area contributed by atoms with Crippen LogP contribution in [0.4, 0.5) is 5.82 Å². The van der Waals surface area contributed by atoms with E-state index in [1.54, 1.807) is 0 Å². The zero-order chi connectivity index (χ0) is 13.8. The lowest BCUT2D eigenvalue weighted by atomic mass is 10.1. The summed E-state index contributed by atoms with van der Waals surface area (Å²) < 4.78 is 0. The highest BCUT2D eigenvalue weighted by Gasteiger charge is 2.08. The quantitative estimate of drug-likeness (QED) is 0.750. The Bertz CT molecular complexity index is 551. The van der Waals surface area contributed by atoms with Gasteiger partial charge in [0.05, 0.1) is 5.52 Å². The van der Waals surface area contributed by atoms with Crippen LogP contribution in [0, 0.1) is 5.92 Å². The minimum Gasteiger partial charge on any atom is -0.360 e. The predicted octanol–water partition coefficient (Wildman–Crippen LogP) is 4.46. The van der Waals surface area contributed by atoms with Crippen molar-refractivity contribution in [2.75, 3.05) is 18.5 Å². The number of benzene rings is 1. The Morgan fingerprint density at radius 3 is 2.68 bits per heavy atom. The van der Waals surface area contributed by atoms with Gasteiger partial charge in [-0.1, -0.05) is 32.0 Å². The number of pyridine rings is 1. The summed E-state index contributed by atoms with van der Waals surface area (Å²) in [6.45, 7) is 5.50. The van der Waals surface area contributed by atoms with Crippen molar-refractivity contribution >= 4 is 28.3 Å². The van der Waals surface area contributed by atoms with Gasteiger partial charge in [0.25, 0.3) is 0 Å². The van der Waals surface area contributed by atoms with Gasteiger partial charge < -0.3 is 4.90 Å². The number of nitrogens with zero attached hydrogens (tertiary/aromatic N) is 2. The Morgan fingerprint density at radius 1 is 1.26 bits per heavy atom. The maximum atomic E-state index is 6.06. The third kappa shape index (κ3) is 3.38.